The molecule has 0 aliphatic heterocycles. The van der Waals surface area contributed by atoms with E-state index in [4.69, 9.17) is 9.47 Å². The van der Waals surface area contributed by atoms with Crippen LogP contribution in [0.2, 0.25) is 0 Å². The van der Waals surface area contributed by atoms with Crippen molar-refractivity contribution in [3.63, 3.8) is 0 Å². The van der Waals surface area contributed by atoms with E-state index in [1.807, 2.05) is 55.5 Å². The molecule has 2 aromatic rings. The number of hydrogen-bond acceptors (Lipinski definition) is 3. The number of methoxy groups -OCH3 is 1. The average molecular weight is 314 g/mol. The van der Waals surface area contributed by atoms with Crippen LogP contribution in [0.25, 0.3) is 0 Å². The van der Waals surface area contributed by atoms with Gasteiger partial charge in [-0.25, -0.2) is 4.79 Å². The lowest BCUT2D eigenvalue weighted by molar-refractivity contribution is 0.104. The van der Waals surface area contributed by atoms with Crippen LogP contribution < -0.4 is 15.4 Å². The summed E-state index contributed by atoms with van der Waals surface area (Å²) in [5, 5.41) is 5.60. The maximum Gasteiger partial charge on any atom is 0.319 e. The van der Waals surface area contributed by atoms with E-state index >= 15 is 0 Å². The zero-order valence-electron chi connectivity index (χ0n) is 13.4. The Morgan fingerprint density at radius 2 is 1.91 bits per heavy atom. The van der Waals surface area contributed by atoms with E-state index in [2.05, 4.69) is 10.6 Å². The van der Waals surface area contributed by atoms with Crippen LogP contribution in [0.4, 0.5) is 10.5 Å². The van der Waals surface area contributed by atoms with E-state index in [1.54, 1.807) is 13.2 Å². The molecular formula is C18H22N2O3. The molecule has 0 spiro atoms. The molecule has 2 rings (SSSR count). The number of carbonyl (C=O) groups is 1. The molecule has 0 saturated carbocycles. The van der Waals surface area contributed by atoms with E-state index in [-0.39, 0.29) is 12.1 Å². The van der Waals surface area contributed by atoms with Gasteiger partial charge in [0.1, 0.15) is 5.75 Å². The first-order valence-electron chi connectivity index (χ1n) is 7.58. The maximum absolute atomic E-state index is 12.0. The number of rotatable bonds is 7. The lowest BCUT2D eigenvalue weighted by Gasteiger charge is -2.17. The molecule has 0 aromatic heterocycles. The van der Waals surface area contributed by atoms with Crippen LogP contribution in [0, 0.1) is 0 Å². The lowest BCUT2D eigenvalue weighted by Crippen LogP contribution is -2.32. The molecule has 0 saturated heterocycles. The Balaban J connectivity index is 1.88. The molecule has 2 amide bonds. The topological polar surface area (TPSA) is 59.6 Å². The molecule has 122 valence electrons. The summed E-state index contributed by atoms with van der Waals surface area (Å²) >= 11 is 0. The number of hydrogen-bond donors (Lipinski definition) is 2. The maximum atomic E-state index is 12.0. The van der Waals surface area contributed by atoms with E-state index < -0.39 is 0 Å². The summed E-state index contributed by atoms with van der Waals surface area (Å²) < 4.78 is 10.8. The molecule has 0 bridgehead atoms. The van der Waals surface area contributed by atoms with Gasteiger partial charge in [0, 0.05) is 25.4 Å². The molecule has 5 heteroatoms. The predicted molar refractivity (Wildman–Crippen MR) is 90.8 cm³/mol. The second-order valence-corrected chi connectivity index (χ2v) is 4.93. The molecule has 0 fully saturated rings. The van der Waals surface area contributed by atoms with E-state index in [0.717, 1.165) is 11.3 Å². The highest BCUT2D eigenvalue weighted by molar-refractivity contribution is 5.89. The van der Waals surface area contributed by atoms with Crippen molar-refractivity contribution in [1.29, 1.82) is 0 Å². The van der Waals surface area contributed by atoms with Crippen LogP contribution in [-0.4, -0.2) is 26.3 Å². The number of urea groups is 1. The third-order valence-corrected chi connectivity index (χ3v) is 3.31. The molecule has 0 heterocycles. The minimum absolute atomic E-state index is 0.184. The van der Waals surface area contributed by atoms with Gasteiger partial charge in [0.2, 0.25) is 0 Å². The first-order chi connectivity index (χ1) is 11.2. The second-order valence-electron chi connectivity index (χ2n) is 4.93. The quantitative estimate of drug-likeness (QED) is 0.821. The molecule has 23 heavy (non-hydrogen) atoms. The van der Waals surface area contributed by atoms with Gasteiger partial charge >= 0.3 is 6.03 Å². The summed E-state index contributed by atoms with van der Waals surface area (Å²) in [5.74, 6) is 0.726. The normalized spacial score (nSPS) is 11.6. The van der Waals surface area contributed by atoms with Gasteiger partial charge in [0.15, 0.2) is 0 Å². The van der Waals surface area contributed by atoms with Gasteiger partial charge in [-0.05, 0) is 24.6 Å². The Labute approximate surface area is 136 Å². The fraction of sp³-hybridized carbons (Fsp3) is 0.278. The Morgan fingerprint density at radius 3 is 2.61 bits per heavy atom. The fourth-order valence-electron chi connectivity index (χ4n) is 2.20. The third kappa shape index (κ3) is 5.30. The Hall–Kier alpha value is -2.53. The average Bonchev–Trinajstić information content (AvgIpc) is 2.57. The summed E-state index contributed by atoms with van der Waals surface area (Å²) in [5.41, 5.74) is 1.70. The van der Waals surface area contributed by atoms with Gasteiger partial charge < -0.3 is 20.1 Å². The standard InChI is InChI=1S/C18H22N2O3/c1-3-23-16-11-7-10-15(12-16)20-18(21)19-13-17(22-2)14-8-5-4-6-9-14/h4-12,17H,3,13H2,1-2H3,(H2,19,20,21). The second kappa shape index (κ2) is 8.80. The number of carbonyl (C=O) groups excluding carboxylic acids is 1. The number of amides is 2. The first kappa shape index (κ1) is 16.8. The smallest absolute Gasteiger partial charge is 0.319 e. The summed E-state index contributed by atoms with van der Waals surface area (Å²) in [7, 11) is 1.63. The number of benzene rings is 2. The molecule has 1 atom stereocenters. The molecule has 2 aromatic carbocycles. The van der Waals surface area contributed by atoms with Gasteiger partial charge in [-0.1, -0.05) is 36.4 Å². The van der Waals surface area contributed by atoms with Crippen LogP contribution in [-0.2, 0) is 4.74 Å². The SMILES string of the molecule is CCOc1cccc(NC(=O)NCC(OC)c2ccccc2)c1. The number of anilines is 1. The van der Waals surface area contributed by atoms with Gasteiger partial charge in [0.05, 0.1) is 12.7 Å². The monoisotopic (exact) mass is 314 g/mol. The summed E-state index contributed by atoms with van der Waals surface area (Å²) in [6.07, 6.45) is -0.184. The zero-order valence-corrected chi connectivity index (χ0v) is 13.4. The van der Waals surface area contributed by atoms with Crippen molar-refractivity contribution in [2.45, 2.75) is 13.0 Å². The minimum atomic E-state index is -0.281. The van der Waals surface area contributed by atoms with Gasteiger partial charge in [0.25, 0.3) is 0 Å². The highest BCUT2D eigenvalue weighted by atomic mass is 16.5. The minimum Gasteiger partial charge on any atom is -0.494 e. The van der Waals surface area contributed by atoms with Crippen molar-refractivity contribution >= 4 is 11.7 Å². The van der Waals surface area contributed by atoms with Crippen molar-refractivity contribution in [1.82, 2.24) is 5.32 Å². The van der Waals surface area contributed by atoms with Crippen LogP contribution in [0.15, 0.2) is 54.6 Å². The molecule has 5 nitrogen and oxygen atoms in total. The van der Waals surface area contributed by atoms with E-state index in [9.17, 15) is 4.79 Å². The van der Waals surface area contributed by atoms with E-state index in [0.29, 0.717) is 18.8 Å². The Bertz CT molecular complexity index is 617. The summed E-state index contributed by atoms with van der Waals surface area (Å²) in [6.45, 7) is 2.89. The van der Waals surface area contributed by atoms with Crippen LogP contribution in [0.1, 0.15) is 18.6 Å². The lowest BCUT2D eigenvalue weighted by atomic mass is 10.1. The fourth-order valence-corrected chi connectivity index (χ4v) is 2.20. The highest BCUT2D eigenvalue weighted by Crippen LogP contribution is 2.18. The summed E-state index contributed by atoms with van der Waals surface area (Å²) in [4.78, 5) is 12.0. The van der Waals surface area contributed by atoms with Gasteiger partial charge in [-0.15, -0.1) is 0 Å². The molecule has 0 aliphatic rings. The molecule has 1 unspecified atom stereocenters. The number of ether oxygens (including phenoxy) is 2. The van der Waals surface area contributed by atoms with Crippen LogP contribution in [0.5, 0.6) is 5.75 Å². The largest absolute Gasteiger partial charge is 0.494 e. The highest BCUT2D eigenvalue weighted by Gasteiger charge is 2.11. The zero-order chi connectivity index (χ0) is 16.5. The molecule has 2 N–H and O–H groups in total. The van der Waals surface area contributed by atoms with Crippen molar-refractivity contribution in [2.75, 3.05) is 25.6 Å². The third-order valence-electron chi connectivity index (χ3n) is 3.31. The van der Waals surface area contributed by atoms with Crippen molar-refractivity contribution in [3.05, 3.63) is 60.2 Å². The van der Waals surface area contributed by atoms with Crippen molar-refractivity contribution in [3.8, 4) is 5.75 Å². The first-order valence-corrected chi connectivity index (χ1v) is 7.58. The van der Waals surface area contributed by atoms with Crippen LogP contribution in [0.3, 0.4) is 0 Å². The van der Waals surface area contributed by atoms with Gasteiger partial charge in [-0.2, -0.15) is 0 Å². The molecule has 0 aliphatic carbocycles. The van der Waals surface area contributed by atoms with Gasteiger partial charge in [-0.3, -0.25) is 0 Å². The molecular weight excluding hydrogens is 292 g/mol. The predicted octanol–water partition coefficient (Wildman–Crippen LogP) is 3.59. The Kier molecular flexibility index (Phi) is 6.44. The van der Waals surface area contributed by atoms with Crippen molar-refractivity contribution < 1.29 is 14.3 Å². The van der Waals surface area contributed by atoms with Crippen molar-refractivity contribution in [2.24, 2.45) is 0 Å². The summed E-state index contributed by atoms with van der Waals surface area (Å²) in [6, 6.07) is 16.8. The molecule has 0 radical (unpaired) electrons. The Morgan fingerprint density at radius 1 is 1.13 bits per heavy atom. The number of nitrogens with one attached hydrogen (secondary N) is 2. The van der Waals surface area contributed by atoms with E-state index in [1.165, 1.54) is 0 Å². The van der Waals surface area contributed by atoms with Crippen LogP contribution >= 0.6 is 0 Å².